The van der Waals surface area contributed by atoms with Gasteiger partial charge in [0, 0.05) is 20.0 Å². The molecule has 1 heterocycles. The first-order valence-electron chi connectivity index (χ1n) is 9.31. The molecule has 0 spiro atoms. The smallest absolute Gasteiger partial charge is 0.243 e. The predicted octanol–water partition coefficient (Wildman–Crippen LogP) is 2.45. The van der Waals surface area contributed by atoms with Crippen LogP contribution in [0.3, 0.4) is 0 Å². The van der Waals surface area contributed by atoms with Crippen molar-refractivity contribution in [3.05, 3.63) is 35.4 Å². The number of benzene rings is 1. The molecule has 1 aliphatic heterocycles. The molecule has 138 valence electrons. The highest BCUT2D eigenvalue weighted by molar-refractivity contribution is 5.87. The van der Waals surface area contributed by atoms with E-state index in [0.29, 0.717) is 6.54 Å². The maximum Gasteiger partial charge on any atom is 0.243 e. The van der Waals surface area contributed by atoms with Crippen molar-refractivity contribution in [3.63, 3.8) is 0 Å². The Morgan fingerprint density at radius 1 is 1.08 bits per heavy atom. The number of nitrogens with one attached hydrogen (secondary N) is 2. The van der Waals surface area contributed by atoms with Gasteiger partial charge in [0.05, 0.1) is 0 Å². The van der Waals surface area contributed by atoms with Crippen molar-refractivity contribution in [2.75, 3.05) is 13.1 Å². The van der Waals surface area contributed by atoms with Crippen molar-refractivity contribution in [1.82, 2.24) is 15.5 Å². The third-order valence-electron chi connectivity index (χ3n) is 4.72. The van der Waals surface area contributed by atoms with Gasteiger partial charge in [0.25, 0.3) is 0 Å². The largest absolute Gasteiger partial charge is 0.350 e. The van der Waals surface area contributed by atoms with Gasteiger partial charge < -0.3 is 10.6 Å². The van der Waals surface area contributed by atoms with E-state index in [4.69, 9.17) is 0 Å². The summed E-state index contributed by atoms with van der Waals surface area (Å²) >= 11 is 0. The van der Waals surface area contributed by atoms with Crippen LogP contribution in [0.2, 0.25) is 0 Å². The van der Waals surface area contributed by atoms with Crippen LogP contribution >= 0.6 is 0 Å². The first kappa shape index (κ1) is 19.4. The van der Waals surface area contributed by atoms with Crippen molar-refractivity contribution in [1.29, 1.82) is 0 Å². The minimum atomic E-state index is -0.494. The van der Waals surface area contributed by atoms with Crippen LogP contribution in [-0.2, 0) is 22.7 Å². The third kappa shape index (κ3) is 6.16. The molecule has 1 aromatic carbocycles. The van der Waals surface area contributed by atoms with E-state index in [1.807, 2.05) is 19.9 Å². The molecule has 2 rings (SSSR count). The number of hydrogen-bond acceptors (Lipinski definition) is 3. The van der Waals surface area contributed by atoms with E-state index in [1.165, 1.54) is 31.7 Å². The summed E-state index contributed by atoms with van der Waals surface area (Å²) < 4.78 is 0. The number of likely N-dealkylation sites (tertiary alicyclic amines) is 1. The highest BCUT2D eigenvalue weighted by Crippen LogP contribution is 2.16. The van der Waals surface area contributed by atoms with E-state index < -0.39 is 6.04 Å². The Kier molecular flexibility index (Phi) is 7.44. The number of carbonyl (C=O) groups is 2. The zero-order valence-corrected chi connectivity index (χ0v) is 15.7. The third-order valence-corrected chi connectivity index (χ3v) is 4.72. The topological polar surface area (TPSA) is 61.4 Å². The summed E-state index contributed by atoms with van der Waals surface area (Å²) in [6.45, 7) is 9.04. The van der Waals surface area contributed by atoms with Gasteiger partial charge in [-0.1, -0.05) is 44.5 Å². The Bertz CT molecular complexity index is 580. The molecule has 1 unspecified atom stereocenters. The number of nitrogens with zero attached hydrogens (tertiary/aromatic N) is 1. The van der Waals surface area contributed by atoms with E-state index >= 15 is 0 Å². The van der Waals surface area contributed by atoms with Crippen LogP contribution in [0.5, 0.6) is 0 Å². The standard InChI is InChI=1S/C20H31N3O2/c1-15(2)19(22-16(3)24)20(25)21-13-17-9-5-6-10-18(17)14-23-11-7-4-8-12-23/h5-6,9-10,15,19H,4,7-8,11-14H2,1-3H3,(H,21,25)(H,22,24). The molecule has 1 aromatic rings. The fraction of sp³-hybridized carbons (Fsp3) is 0.600. The Labute approximate surface area is 151 Å². The lowest BCUT2D eigenvalue weighted by Crippen LogP contribution is -2.48. The fourth-order valence-corrected chi connectivity index (χ4v) is 3.29. The molecule has 0 saturated carbocycles. The summed E-state index contributed by atoms with van der Waals surface area (Å²) in [7, 11) is 0. The van der Waals surface area contributed by atoms with Crippen LogP contribution in [0, 0.1) is 5.92 Å². The average molecular weight is 345 g/mol. The van der Waals surface area contributed by atoms with Crippen LogP contribution in [0.4, 0.5) is 0 Å². The molecule has 25 heavy (non-hydrogen) atoms. The molecule has 1 fully saturated rings. The second-order valence-corrected chi connectivity index (χ2v) is 7.25. The summed E-state index contributed by atoms with van der Waals surface area (Å²) in [5.41, 5.74) is 2.41. The predicted molar refractivity (Wildman–Crippen MR) is 99.9 cm³/mol. The summed E-state index contributed by atoms with van der Waals surface area (Å²) in [6.07, 6.45) is 3.87. The lowest BCUT2D eigenvalue weighted by Gasteiger charge is -2.27. The van der Waals surface area contributed by atoms with E-state index in [-0.39, 0.29) is 17.7 Å². The number of hydrogen-bond donors (Lipinski definition) is 2. The van der Waals surface area contributed by atoms with Gasteiger partial charge in [0.1, 0.15) is 6.04 Å². The summed E-state index contributed by atoms with van der Waals surface area (Å²) in [4.78, 5) is 26.3. The van der Waals surface area contributed by atoms with Crippen molar-refractivity contribution in [2.45, 2.75) is 59.2 Å². The van der Waals surface area contributed by atoms with Crippen LogP contribution in [0.25, 0.3) is 0 Å². The summed E-state index contributed by atoms with van der Waals surface area (Å²) in [5.74, 6) is -0.259. The molecule has 1 aliphatic rings. The van der Waals surface area contributed by atoms with Gasteiger partial charge in [-0.2, -0.15) is 0 Å². The second-order valence-electron chi connectivity index (χ2n) is 7.25. The Morgan fingerprint density at radius 2 is 1.72 bits per heavy atom. The zero-order chi connectivity index (χ0) is 18.2. The molecule has 1 saturated heterocycles. The molecule has 2 amide bonds. The average Bonchev–Trinajstić information content (AvgIpc) is 2.59. The molecule has 0 bridgehead atoms. The quantitative estimate of drug-likeness (QED) is 0.798. The molecule has 0 radical (unpaired) electrons. The Morgan fingerprint density at radius 3 is 2.32 bits per heavy atom. The van der Waals surface area contributed by atoms with Crippen LogP contribution < -0.4 is 10.6 Å². The normalized spacial score (nSPS) is 16.5. The van der Waals surface area contributed by atoms with Crippen LogP contribution in [0.1, 0.15) is 51.2 Å². The second kappa shape index (κ2) is 9.56. The van der Waals surface area contributed by atoms with E-state index in [0.717, 1.165) is 25.2 Å². The van der Waals surface area contributed by atoms with Gasteiger partial charge in [-0.25, -0.2) is 0 Å². The van der Waals surface area contributed by atoms with E-state index in [1.54, 1.807) is 0 Å². The van der Waals surface area contributed by atoms with Gasteiger partial charge >= 0.3 is 0 Å². The van der Waals surface area contributed by atoms with Crippen LogP contribution in [0.15, 0.2) is 24.3 Å². The van der Waals surface area contributed by atoms with Gasteiger partial charge in [0.15, 0.2) is 0 Å². The Balaban J connectivity index is 1.97. The SMILES string of the molecule is CC(=O)NC(C(=O)NCc1ccccc1CN1CCCCC1)C(C)C. The minimum absolute atomic E-state index is 0.0486. The van der Waals surface area contributed by atoms with E-state index in [9.17, 15) is 9.59 Å². The van der Waals surface area contributed by atoms with Gasteiger partial charge in [0.2, 0.25) is 11.8 Å². The van der Waals surface area contributed by atoms with Gasteiger partial charge in [-0.05, 0) is 43.0 Å². The van der Waals surface area contributed by atoms with Crippen LogP contribution in [-0.4, -0.2) is 35.8 Å². The monoisotopic (exact) mass is 345 g/mol. The molecule has 5 heteroatoms. The number of amides is 2. The molecule has 1 atom stereocenters. The highest BCUT2D eigenvalue weighted by Gasteiger charge is 2.23. The van der Waals surface area contributed by atoms with Crippen molar-refractivity contribution in [2.24, 2.45) is 5.92 Å². The van der Waals surface area contributed by atoms with Crippen molar-refractivity contribution >= 4 is 11.8 Å². The zero-order valence-electron chi connectivity index (χ0n) is 15.7. The Hall–Kier alpha value is -1.88. The van der Waals surface area contributed by atoms with Gasteiger partial charge in [-0.3, -0.25) is 14.5 Å². The fourth-order valence-electron chi connectivity index (χ4n) is 3.29. The summed E-state index contributed by atoms with van der Waals surface area (Å²) in [6, 6.07) is 7.78. The van der Waals surface area contributed by atoms with Crippen molar-refractivity contribution < 1.29 is 9.59 Å². The molecule has 0 aliphatic carbocycles. The lowest BCUT2D eigenvalue weighted by molar-refractivity contribution is -0.129. The van der Waals surface area contributed by atoms with Crippen molar-refractivity contribution in [3.8, 4) is 0 Å². The minimum Gasteiger partial charge on any atom is -0.350 e. The molecule has 2 N–H and O–H groups in total. The maximum absolute atomic E-state index is 12.5. The van der Waals surface area contributed by atoms with Gasteiger partial charge in [-0.15, -0.1) is 0 Å². The first-order valence-corrected chi connectivity index (χ1v) is 9.31. The number of rotatable bonds is 7. The molecular weight excluding hydrogens is 314 g/mol. The lowest BCUT2D eigenvalue weighted by atomic mass is 10.0. The number of carbonyl (C=O) groups excluding carboxylic acids is 2. The number of piperidine rings is 1. The first-order chi connectivity index (χ1) is 12.0. The molecule has 0 aromatic heterocycles. The molecular formula is C20H31N3O2. The molecule has 5 nitrogen and oxygen atoms in total. The summed E-state index contributed by atoms with van der Waals surface area (Å²) in [5, 5.41) is 5.73. The highest BCUT2D eigenvalue weighted by atomic mass is 16.2. The van der Waals surface area contributed by atoms with E-state index in [2.05, 4.69) is 33.7 Å². The maximum atomic E-state index is 12.5.